The van der Waals surface area contributed by atoms with Crippen molar-refractivity contribution >= 4 is 11.8 Å². The number of ether oxygens (including phenoxy) is 1. The van der Waals surface area contributed by atoms with E-state index in [4.69, 9.17) is 4.74 Å². The number of thioether (sulfide) groups is 1. The lowest BCUT2D eigenvalue weighted by Crippen LogP contribution is -2.23. The zero-order chi connectivity index (χ0) is 14.9. The van der Waals surface area contributed by atoms with Crippen molar-refractivity contribution in [1.29, 1.82) is 0 Å². The normalized spacial score (nSPS) is 12.1. The monoisotopic (exact) mass is 301 g/mol. The Bertz CT molecular complexity index is 513. The summed E-state index contributed by atoms with van der Waals surface area (Å²) in [6.45, 7) is 3.13. The molecule has 0 fully saturated rings. The van der Waals surface area contributed by atoms with Gasteiger partial charge in [0.2, 0.25) is 0 Å². The van der Waals surface area contributed by atoms with E-state index in [0.29, 0.717) is 6.04 Å². The van der Waals surface area contributed by atoms with Crippen molar-refractivity contribution in [3.63, 3.8) is 0 Å². The van der Waals surface area contributed by atoms with Crippen LogP contribution in [0.15, 0.2) is 54.6 Å². The Morgan fingerprint density at radius 3 is 2.38 bits per heavy atom. The van der Waals surface area contributed by atoms with Crippen molar-refractivity contribution in [2.75, 3.05) is 19.4 Å². The molecule has 0 radical (unpaired) electrons. The van der Waals surface area contributed by atoms with Gasteiger partial charge < -0.3 is 10.1 Å². The molecule has 0 aliphatic rings. The van der Waals surface area contributed by atoms with Crippen LogP contribution in [-0.4, -0.2) is 19.4 Å². The predicted octanol–water partition coefficient (Wildman–Crippen LogP) is 4.28. The molecule has 0 aliphatic carbocycles. The van der Waals surface area contributed by atoms with Crippen LogP contribution in [0.4, 0.5) is 0 Å². The van der Waals surface area contributed by atoms with Crippen LogP contribution >= 0.6 is 11.8 Å². The minimum absolute atomic E-state index is 0.384. The summed E-state index contributed by atoms with van der Waals surface area (Å²) in [5.74, 6) is 3.03. The van der Waals surface area contributed by atoms with Crippen LogP contribution in [0, 0.1) is 0 Å². The highest BCUT2D eigenvalue weighted by atomic mass is 32.2. The maximum atomic E-state index is 5.22. The number of hydrogen-bond donors (Lipinski definition) is 1. The molecule has 1 unspecified atom stereocenters. The molecule has 112 valence electrons. The van der Waals surface area contributed by atoms with Gasteiger partial charge in [-0.2, -0.15) is 11.8 Å². The summed E-state index contributed by atoms with van der Waals surface area (Å²) < 4.78 is 5.22. The Kier molecular flexibility index (Phi) is 6.64. The number of benzene rings is 2. The molecule has 2 aromatic rings. The third kappa shape index (κ3) is 5.10. The summed E-state index contributed by atoms with van der Waals surface area (Å²) in [6, 6.07) is 19.4. The molecule has 2 rings (SSSR count). The molecule has 0 aliphatic heterocycles. The van der Waals surface area contributed by atoms with Gasteiger partial charge in [-0.3, -0.25) is 0 Å². The molecule has 21 heavy (non-hydrogen) atoms. The van der Waals surface area contributed by atoms with E-state index < -0.39 is 0 Å². The van der Waals surface area contributed by atoms with Gasteiger partial charge in [0, 0.05) is 17.5 Å². The highest BCUT2D eigenvalue weighted by Crippen LogP contribution is 2.23. The zero-order valence-electron chi connectivity index (χ0n) is 12.7. The molecular weight excluding hydrogens is 278 g/mol. The molecule has 0 saturated heterocycles. The number of rotatable bonds is 8. The summed E-state index contributed by atoms with van der Waals surface area (Å²) >= 11 is 1.97. The first-order valence-corrected chi connectivity index (χ1v) is 8.48. The lowest BCUT2D eigenvalue weighted by molar-refractivity contribution is 0.414. The molecule has 1 N–H and O–H groups in total. The van der Waals surface area contributed by atoms with Gasteiger partial charge in [-0.1, -0.05) is 49.4 Å². The SMILES string of the molecule is CCNC(CSCc1ccccc1)c1ccc(OC)cc1. The second-order valence-corrected chi connectivity index (χ2v) is 5.91. The van der Waals surface area contributed by atoms with Crippen LogP contribution in [0.2, 0.25) is 0 Å². The van der Waals surface area contributed by atoms with Crippen molar-refractivity contribution < 1.29 is 4.74 Å². The molecule has 2 nitrogen and oxygen atoms in total. The fraction of sp³-hybridized carbons (Fsp3) is 0.333. The summed E-state index contributed by atoms with van der Waals surface area (Å²) in [6.07, 6.45) is 0. The van der Waals surface area contributed by atoms with Gasteiger partial charge in [-0.05, 0) is 29.8 Å². The molecule has 0 heterocycles. The maximum Gasteiger partial charge on any atom is 0.118 e. The first-order valence-electron chi connectivity index (χ1n) is 7.32. The average Bonchev–Trinajstić information content (AvgIpc) is 2.55. The molecule has 0 aromatic heterocycles. The minimum atomic E-state index is 0.384. The first-order chi connectivity index (χ1) is 10.3. The first kappa shape index (κ1) is 15.9. The van der Waals surface area contributed by atoms with Crippen molar-refractivity contribution in [3.8, 4) is 5.75 Å². The Morgan fingerprint density at radius 2 is 1.76 bits per heavy atom. The quantitative estimate of drug-likeness (QED) is 0.786. The van der Waals surface area contributed by atoms with E-state index in [0.717, 1.165) is 23.8 Å². The van der Waals surface area contributed by atoms with Crippen LogP contribution in [0.5, 0.6) is 5.75 Å². The van der Waals surface area contributed by atoms with Gasteiger partial charge in [0.1, 0.15) is 5.75 Å². The molecule has 0 saturated carbocycles. The van der Waals surface area contributed by atoms with E-state index in [2.05, 4.69) is 54.7 Å². The van der Waals surface area contributed by atoms with Gasteiger partial charge in [0.25, 0.3) is 0 Å². The van der Waals surface area contributed by atoms with Gasteiger partial charge in [-0.25, -0.2) is 0 Å². The highest BCUT2D eigenvalue weighted by Gasteiger charge is 2.10. The van der Waals surface area contributed by atoms with Crippen molar-refractivity contribution in [3.05, 3.63) is 65.7 Å². The Balaban J connectivity index is 1.91. The average molecular weight is 301 g/mol. The Hall–Kier alpha value is -1.45. The van der Waals surface area contributed by atoms with Gasteiger partial charge in [0.15, 0.2) is 0 Å². The second-order valence-electron chi connectivity index (χ2n) is 4.88. The fourth-order valence-corrected chi connectivity index (χ4v) is 3.32. The second kappa shape index (κ2) is 8.75. The number of hydrogen-bond acceptors (Lipinski definition) is 3. The maximum absolute atomic E-state index is 5.22. The summed E-state index contributed by atoms with van der Waals surface area (Å²) in [4.78, 5) is 0. The molecule has 0 amide bonds. The summed E-state index contributed by atoms with van der Waals surface area (Å²) in [5.41, 5.74) is 2.70. The van der Waals surface area contributed by atoms with Gasteiger partial charge in [-0.15, -0.1) is 0 Å². The third-order valence-corrected chi connectivity index (χ3v) is 4.47. The molecule has 3 heteroatoms. The minimum Gasteiger partial charge on any atom is -0.497 e. The van der Waals surface area contributed by atoms with Crippen LogP contribution in [0.1, 0.15) is 24.1 Å². The smallest absolute Gasteiger partial charge is 0.118 e. The number of nitrogens with one attached hydrogen (secondary N) is 1. The summed E-state index contributed by atoms with van der Waals surface area (Å²) in [7, 11) is 1.70. The van der Waals surface area contributed by atoms with E-state index in [1.807, 2.05) is 23.9 Å². The van der Waals surface area contributed by atoms with Gasteiger partial charge >= 0.3 is 0 Å². The van der Waals surface area contributed by atoms with E-state index in [9.17, 15) is 0 Å². The highest BCUT2D eigenvalue weighted by molar-refractivity contribution is 7.98. The lowest BCUT2D eigenvalue weighted by Gasteiger charge is -2.18. The predicted molar refractivity (Wildman–Crippen MR) is 92.0 cm³/mol. The lowest BCUT2D eigenvalue weighted by atomic mass is 10.1. The standard InChI is InChI=1S/C18H23NOS/c1-3-19-18(16-9-11-17(20-2)12-10-16)14-21-13-15-7-5-4-6-8-15/h4-12,18-19H,3,13-14H2,1-2H3. The molecule has 0 bridgehead atoms. The van der Waals surface area contributed by atoms with Crippen molar-refractivity contribution in [2.24, 2.45) is 0 Å². The van der Waals surface area contributed by atoms with Crippen molar-refractivity contribution in [2.45, 2.75) is 18.7 Å². The molecule has 0 spiro atoms. The van der Waals surface area contributed by atoms with E-state index >= 15 is 0 Å². The molecule has 2 aromatic carbocycles. The van der Waals surface area contributed by atoms with E-state index in [1.54, 1.807) is 7.11 Å². The van der Waals surface area contributed by atoms with Crippen LogP contribution in [0.3, 0.4) is 0 Å². The van der Waals surface area contributed by atoms with E-state index in [1.165, 1.54) is 11.1 Å². The number of methoxy groups -OCH3 is 1. The zero-order valence-corrected chi connectivity index (χ0v) is 13.5. The Labute approximate surface area is 131 Å². The molecule has 1 atom stereocenters. The largest absolute Gasteiger partial charge is 0.497 e. The third-order valence-electron chi connectivity index (χ3n) is 3.36. The Morgan fingerprint density at radius 1 is 1.05 bits per heavy atom. The van der Waals surface area contributed by atoms with Crippen LogP contribution < -0.4 is 10.1 Å². The van der Waals surface area contributed by atoms with E-state index in [-0.39, 0.29) is 0 Å². The fourth-order valence-electron chi connectivity index (χ4n) is 2.22. The van der Waals surface area contributed by atoms with Crippen LogP contribution in [0.25, 0.3) is 0 Å². The topological polar surface area (TPSA) is 21.3 Å². The van der Waals surface area contributed by atoms with Crippen molar-refractivity contribution in [1.82, 2.24) is 5.32 Å². The van der Waals surface area contributed by atoms with Gasteiger partial charge in [0.05, 0.1) is 7.11 Å². The molecular formula is C18H23NOS. The van der Waals surface area contributed by atoms with Crippen LogP contribution in [-0.2, 0) is 5.75 Å². The summed E-state index contributed by atoms with van der Waals surface area (Å²) in [5, 5.41) is 3.56.